The number of aryl methyl sites for hydroxylation is 1. The summed E-state index contributed by atoms with van der Waals surface area (Å²) < 4.78 is 30.7. The molecule has 0 heterocycles. The Bertz CT molecular complexity index is 762. The maximum Gasteiger partial charge on any atom is 0.338 e. The Labute approximate surface area is 156 Å². The summed E-state index contributed by atoms with van der Waals surface area (Å²) in [7, 11) is -0.837. The maximum atomic E-state index is 12.4. The molecule has 7 nitrogen and oxygen atoms in total. The molecule has 0 radical (unpaired) electrons. The van der Waals surface area contributed by atoms with Gasteiger partial charge in [-0.05, 0) is 52.3 Å². The molecule has 0 unspecified atom stereocenters. The lowest BCUT2D eigenvalue weighted by Gasteiger charge is -2.30. The highest BCUT2D eigenvalue weighted by Gasteiger charge is 2.24. The molecule has 0 saturated heterocycles. The van der Waals surface area contributed by atoms with Crippen LogP contribution in [0.2, 0.25) is 0 Å². The van der Waals surface area contributed by atoms with Crippen LogP contribution in [-0.2, 0) is 19.6 Å². The molecule has 0 aliphatic carbocycles. The van der Waals surface area contributed by atoms with E-state index >= 15 is 0 Å². The molecule has 0 aliphatic heterocycles. The molecule has 0 fully saturated rings. The zero-order valence-corrected chi connectivity index (χ0v) is 17.3. The van der Waals surface area contributed by atoms with Crippen LogP contribution >= 0.6 is 0 Å². The average molecular weight is 384 g/mol. The van der Waals surface area contributed by atoms with Gasteiger partial charge in [-0.2, -0.15) is 0 Å². The van der Waals surface area contributed by atoms with E-state index in [4.69, 9.17) is 4.74 Å². The Hall–Kier alpha value is -1.93. The van der Waals surface area contributed by atoms with Crippen molar-refractivity contribution in [2.24, 2.45) is 0 Å². The highest BCUT2D eigenvalue weighted by Crippen LogP contribution is 2.19. The zero-order chi connectivity index (χ0) is 20.2. The Kier molecular flexibility index (Phi) is 7.35. The average Bonchev–Trinajstić information content (AvgIpc) is 2.51. The minimum atomic E-state index is -3.67. The third kappa shape index (κ3) is 5.04. The number of carbonyl (C=O) groups excluding carboxylic acids is 2. The Morgan fingerprint density at radius 1 is 1.08 bits per heavy atom. The van der Waals surface area contributed by atoms with Crippen molar-refractivity contribution in [3.8, 4) is 0 Å². The molecule has 0 aliphatic rings. The number of benzene rings is 1. The predicted molar refractivity (Wildman–Crippen MR) is 99.5 cm³/mol. The van der Waals surface area contributed by atoms with Crippen molar-refractivity contribution in [3.05, 3.63) is 29.3 Å². The van der Waals surface area contributed by atoms with Crippen LogP contribution in [0.4, 0.5) is 0 Å². The number of hydrogen-bond donors (Lipinski definition) is 0. The second-order valence-electron chi connectivity index (χ2n) is 6.83. The van der Waals surface area contributed by atoms with E-state index in [1.165, 1.54) is 26.2 Å². The fourth-order valence-electron chi connectivity index (χ4n) is 2.64. The van der Waals surface area contributed by atoms with E-state index in [1.807, 2.05) is 27.7 Å². The first kappa shape index (κ1) is 22.1. The standard InChI is InChI=1S/C18H28N2O5S/c1-12(2)20(13(3)4)17(21)11-25-18(22)16-10-15(9-8-14(16)5)26(23,24)19(6)7/h8-10,12-13H,11H2,1-7H3. The number of esters is 1. The molecular formula is C18H28N2O5S. The van der Waals surface area contributed by atoms with Gasteiger partial charge in [0.15, 0.2) is 6.61 Å². The van der Waals surface area contributed by atoms with Gasteiger partial charge in [0, 0.05) is 26.2 Å². The third-order valence-electron chi connectivity index (χ3n) is 3.93. The van der Waals surface area contributed by atoms with Gasteiger partial charge in [-0.3, -0.25) is 4.79 Å². The van der Waals surface area contributed by atoms with E-state index in [9.17, 15) is 18.0 Å². The molecule has 26 heavy (non-hydrogen) atoms. The quantitative estimate of drug-likeness (QED) is 0.672. The van der Waals surface area contributed by atoms with Gasteiger partial charge in [0.25, 0.3) is 5.91 Å². The topological polar surface area (TPSA) is 84.0 Å². The smallest absolute Gasteiger partial charge is 0.338 e. The molecule has 0 aromatic heterocycles. The van der Waals surface area contributed by atoms with E-state index < -0.39 is 16.0 Å². The normalized spacial score (nSPS) is 11.9. The second kappa shape index (κ2) is 8.64. The van der Waals surface area contributed by atoms with Gasteiger partial charge in [-0.15, -0.1) is 0 Å². The summed E-state index contributed by atoms with van der Waals surface area (Å²) in [5.41, 5.74) is 0.700. The molecule has 1 aromatic carbocycles. The molecule has 0 spiro atoms. The number of amides is 1. The minimum Gasteiger partial charge on any atom is -0.452 e. The van der Waals surface area contributed by atoms with Crippen LogP contribution in [-0.4, -0.2) is 62.3 Å². The van der Waals surface area contributed by atoms with Crippen molar-refractivity contribution >= 4 is 21.9 Å². The van der Waals surface area contributed by atoms with Gasteiger partial charge in [0.2, 0.25) is 10.0 Å². The lowest BCUT2D eigenvalue weighted by molar-refractivity contribution is -0.138. The third-order valence-corrected chi connectivity index (χ3v) is 5.75. The zero-order valence-electron chi connectivity index (χ0n) is 16.4. The second-order valence-corrected chi connectivity index (χ2v) is 8.98. The molecule has 8 heteroatoms. The summed E-state index contributed by atoms with van der Waals surface area (Å²) in [6, 6.07) is 4.23. The van der Waals surface area contributed by atoms with Crippen molar-refractivity contribution in [3.63, 3.8) is 0 Å². The van der Waals surface area contributed by atoms with Gasteiger partial charge >= 0.3 is 5.97 Å². The van der Waals surface area contributed by atoms with Crippen LogP contribution in [0.5, 0.6) is 0 Å². The monoisotopic (exact) mass is 384 g/mol. The SMILES string of the molecule is Cc1ccc(S(=O)(=O)N(C)C)cc1C(=O)OCC(=O)N(C(C)C)C(C)C. The van der Waals surface area contributed by atoms with Gasteiger partial charge < -0.3 is 9.64 Å². The van der Waals surface area contributed by atoms with Crippen molar-refractivity contribution < 1.29 is 22.7 Å². The molecule has 1 rings (SSSR count). The number of hydrogen-bond acceptors (Lipinski definition) is 5. The first-order valence-electron chi connectivity index (χ1n) is 8.41. The summed E-state index contributed by atoms with van der Waals surface area (Å²) in [6.45, 7) is 8.84. The van der Waals surface area contributed by atoms with Crippen molar-refractivity contribution in [1.82, 2.24) is 9.21 Å². The van der Waals surface area contributed by atoms with E-state index in [-0.39, 0.29) is 35.1 Å². The van der Waals surface area contributed by atoms with E-state index in [1.54, 1.807) is 17.9 Å². The predicted octanol–water partition coefficient (Wildman–Crippen LogP) is 2.05. The molecule has 0 atom stereocenters. The van der Waals surface area contributed by atoms with Gasteiger partial charge in [0.05, 0.1) is 10.5 Å². The van der Waals surface area contributed by atoms with Crippen molar-refractivity contribution in [2.75, 3.05) is 20.7 Å². The van der Waals surface area contributed by atoms with Crippen LogP contribution in [0, 0.1) is 6.92 Å². The first-order chi connectivity index (χ1) is 11.9. The highest BCUT2D eigenvalue weighted by atomic mass is 32.2. The van der Waals surface area contributed by atoms with Gasteiger partial charge in [-0.1, -0.05) is 6.07 Å². The number of sulfonamides is 1. The summed E-state index contributed by atoms with van der Waals surface area (Å²) in [4.78, 5) is 26.3. The Morgan fingerprint density at radius 3 is 2.08 bits per heavy atom. The van der Waals surface area contributed by atoms with E-state index in [0.717, 1.165) is 4.31 Å². The Morgan fingerprint density at radius 2 is 1.62 bits per heavy atom. The molecule has 0 bridgehead atoms. The molecule has 0 saturated carbocycles. The van der Waals surface area contributed by atoms with Gasteiger partial charge in [-0.25, -0.2) is 17.5 Å². The molecule has 0 N–H and O–H groups in total. The van der Waals surface area contributed by atoms with Crippen LogP contribution in [0.3, 0.4) is 0 Å². The molecule has 1 amide bonds. The minimum absolute atomic E-state index is 0.00244. The number of ether oxygens (including phenoxy) is 1. The summed E-state index contributed by atoms with van der Waals surface area (Å²) >= 11 is 0. The maximum absolute atomic E-state index is 12.4. The largest absolute Gasteiger partial charge is 0.452 e. The van der Waals surface area contributed by atoms with Crippen LogP contribution in [0.15, 0.2) is 23.1 Å². The number of carbonyl (C=O) groups is 2. The van der Waals surface area contributed by atoms with Gasteiger partial charge in [0.1, 0.15) is 0 Å². The van der Waals surface area contributed by atoms with E-state index in [0.29, 0.717) is 5.56 Å². The lowest BCUT2D eigenvalue weighted by atomic mass is 10.1. The summed E-state index contributed by atoms with van der Waals surface area (Å²) in [5.74, 6) is -1.02. The number of rotatable bonds is 7. The first-order valence-corrected chi connectivity index (χ1v) is 9.85. The number of nitrogens with zero attached hydrogens (tertiary/aromatic N) is 2. The Balaban J connectivity index is 3.00. The highest BCUT2D eigenvalue weighted by molar-refractivity contribution is 7.89. The van der Waals surface area contributed by atoms with Crippen LogP contribution in [0.25, 0.3) is 0 Å². The fourth-order valence-corrected chi connectivity index (χ4v) is 3.57. The van der Waals surface area contributed by atoms with E-state index in [2.05, 4.69) is 0 Å². The summed E-state index contributed by atoms with van der Waals surface area (Å²) in [6.07, 6.45) is 0. The fraction of sp³-hybridized carbons (Fsp3) is 0.556. The molecular weight excluding hydrogens is 356 g/mol. The van der Waals surface area contributed by atoms with Crippen molar-refractivity contribution in [2.45, 2.75) is 51.6 Å². The molecule has 146 valence electrons. The van der Waals surface area contributed by atoms with Crippen molar-refractivity contribution in [1.29, 1.82) is 0 Å². The summed E-state index contributed by atoms with van der Waals surface area (Å²) in [5, 5.41) is 0. The lowest BCUT2D eigenvalue weighted by Crippen LogP contribution is -2.44. The molecule has 1 aromatic rings. The van der Waals surface area contributed by atoms with Crippen LogP contribution in [0.1, 0.15) is 43.6 Å². The van der Waals surface area contributed by atoms with Crippen LogP contribution < -0.4 is 0 Å².